The first-order chi connectivity index (χ1) is 17.9. The van der Waals surface area contributed by atoms with Crippen LogP contribution in [0.2, 0.25) is 0 Å². The highest BCUT2D eigenvalue weighted by Gasteiger charge is 2.07. The number of methoxy groups -OCH3 is 1. The molecule has 1 atom stereocenters. The maximum Gasteiger partial charge on any atom is 0.135 e. The SMILES string of the molecule is CCCCC(CC)COC(/C=C\C=C(/C)N=CC(C=O)C=O)=C\CNC.CCc1ccc(OC)cc1C. The van der Waals surface area contributed by atoms with Gasteiger partial charge in [-0.3, -0.25) is 4.99 Å². The average molecular weight is 513 g/mol. The van der Waals surface area contributed by atoms with E-state index in [0.29, 0.717) is 24.2 Å². The Hall–Kier alpha value is -2.99. The summed E-state index contributed by atoms with van der Waals surface area (Å²) in [5.41, 5.74) is 3.41. The van der Waals surface area contributed by atoms with Crippen molar-refractivity contribution in [2.75, 3.05) is 27.3 Å². The van der Waals surface area contributed by atoms with E-state index >= 15 is 0 Å². The molecule has 6 heteroatoms. The van der Waals surface area contributed by atoms with Gasteiger partial charge >= 0.3 is 0 Å². The second-order valence-corrected chi connectivity index (χ2v) is 8.83. The van der Waals surface area contributed by atoms with Crippen LogP contribution in [0.4, 0.5) is 0 Å². The Kier molecular flexibility index (Phi) is 20.4. The van der Waals surface area contributed by atoms with E-state index < -0.39 is 5.92 Å². The molecule has 0 saturated heterocycles. The molecule has 1 aromatic carbocycles. The van der Waals surface area contributed by atoms with Gasteiger partial charge in [0.25, 0.3) is 0 Å². The molecule has 6 nitrogen and oxygen atoms in total. The highest BCUT2D eigenvalue weighted by molar-refractivity contribution is 5.97. The van der Waals surface area contributed by atoms with Crippen molar-refractivity contribution >= 4 is 18.8 Å². The fourth-order valence-electron chi connectivity index (χ4n) is 3.31. The van der Waals surface area contributed by atoms with E-state index in [9.17, 15) is 9.59 Å². The zero-order valence-electron chi connectivity index (χ0n) is 24.0. The van der Waals surface area contributed by atoms with Crippen LogP contribution in [0.3, 0.4) is 0 Å². The monoisotopic (exact) mass is 512 g/mol. The van der Waals surface area contributed by atoms with Crippen molar-refractivity contribution in [3.63, 3.8) is 0 Å². The van der Waals surface area contributed by atoms with Gasteiger partial charge in [-0.25, -0.2) is 0 Å². The molecule has 0 aliphatic heterocycles. The van der Waals surface area contributed by atoms with E-state index in [1.807, 2.05) is 44.3 Å². The lowest BCUT2D eigenvalue weighted by atomic mass is 10.0. The molecule has 0 radical (unpaired) electrons. The summed E-state index contributed by atoms with van der Waals surface area (Å²) in [6.45, 7) is 11.9. The molecular weight excluding hydrogens is 464 g/mol. The third-order valence-corrected chi connectivity index (χ3v) is 5.83. The minimum absolute atomic E-state index is 0.564. The van der Waals surface area contributed by atoms with Crippen molar-refractivity contribution in [1.82, 2.24) is 5.32 Å². The lowest BCUT2D eigenvalue weighted by Crippen LogP contribution is -2.10. The lowest BCUT2D eigenvalue weighted by molar-refractivity contribution is -0.116. The normalized spacial score (nSPS) is 13.0. The highest BCUT2D eigenvalue weighted by atomic mass is 16.5. The minimum Gasteiger partial charge on any atom is -0.497 e. The van der Waals surface area contributed by atoms with Crippen molar-refractivity contribution < 1.29 is 19.1 Å². The third-order valence-electron chi connectivity index (χ3n) is 5.83. The fourth-order valence-corrected chi connectivity index (χ4v) is 3.31. The second-order valence-electron chi connectivity index (χ2n) is 8.83. The minimum atomic E-state index is -0.786. The number of carbonyl (C=O) groups excluding carboxylic acids is 2. The number of ether oxygens (including phenoxy) is 2. The molecule has 0 aromatic heterocycles. The number of nitrogens with one attached hydrogen (secondary N) is 1. The maximum absolute atomic E-state index is 10.6. The number of unbranched alkanes of at least 4 members (excludes halogenated alkanes) is 1. The molecule has 0 bridgehead atoms. The van der Waals surface area contributed by atoms with Crippen LogP contribution in [0.5, 0.6) is 5.75 Å². The Balaban J connectivity index is 0.000000970. The van der Waals surface area contributed by atoms with Gasteiger partial charge < -0.3 is 24.4 Å². The van der Waals surface area contributed by atoms with Gasteiger partial charge in [0.15, 0.2) is 0 Å². The van der Waals surface area contributed by atoms with Crippen LogP contribution in [0, 0.1) is 18.8 Å². The van der Waals surface area contributed by atoms with Gasteiger partial charge in [-0.15, -0.1) is 0 Å². The van der Waals surface area contributed by atoms with Gasteiger partial charge in [0.2, 0.25) is 0 Å². The van der Waals surface area contributed by atoms with Crippen LogP contribution in [0.1, 0.15) is 64.5 Å². The Morgan fingerprint density at radius 1 is 1.16 bits per heavy atom. The zero-order chi connectivity index (χ0) is 27.9. The number of nitrogens with zero attached hydrogens (tertiary/aromatic N) is 1. The molecule has 1 N–H and O–H groups in total. The van der Waals surface area contributed by atoms with E-state index in [0.717, 1.165) is 37.5 Å². The molecule has 0 amide bonds. The van der Waals surface area contributed by atoms with E-state index in [-0.39, 0.29) is 0 Å². The molecular formula is C31H48N2O4. The summed E-state index contributed by atoms with van der Waals surface area (Å²) in [5, 5.41) is 3.08. The topological polar surface area (TPSA) is 77.0 Å². The van der Waals surface area contributed by atoms with Crippen molar-refractivity contribution in [3.05, 3.63) is 65.1 Å². The summed E-state index contributed by atoms with van der Waals surface area (Å²) in [5.74, 6) is 1.55. The van der Waals surface area contributed by atoms with E-state index in [1.54, 1.807) is 7.11 Å². The third kappa shape index (κ3) is 16.4. The quantitative estimate of drug-likeness (QED) is 0.0855. The standard InChI is InChI=1S/C21H34N2O3.C10H14O/c1-5-7-10-19(6-2)17-26-21(12-13-22-4)11-8-9-18(3)23-14-20(15-24)16-25;1-4-9-5-6-10(11-3)7-8(9)2/h8-9,11-12,14-16,19-20,22H,5-7,10,13,17H2,1-4H3;5-7H,4H2,1-3H3/b11-8-,18-9+,21-12-,23-14?;. The number of hydrogen-bond donors (Lipinski definition) is 1. The largest absolute Gasteiger partial charge is 0.497 e. The van der Waals surface area contributed by atoms with Crippen molar-refractivity contribution in [2.45, 2.75) is 66.7 Å². The number of hydrogen-bond acceptors (Lipinski definition) is 6. The van der Waals surface area contributed by atoms with Crippen molar-refractivity contribution in [2.24, 2.45) is 16.8 Å². The Labute approximate surface area is 224 Å². The summed E-state index contributed by atoms with van der Waals surface area (Å²) in [6, 6.07) is 6.19. The van der Waals surface area contributed by atoms with E-state index in [4.69, 9.17) is 9.47 Å². The van der Waals surface area contributed by atoms with Gasteiger partial charge in [-0.1, -0.05) is 52.2 Å². The van der Waals surface area contributed by atoms with E-state index in [1.165, 1.54) is 36.6 Å². The van der Waals surface area contributed by atoms with Crippen LogP contribution in [0.15, 0.2) is 59.0 Å². The van der Waals surface area contributed by atoms with Gasteiger partial charge in [-0.2, -0.15) is 0 Å². The fraction of sp³-hybridized carbons (Fsp3) is 0.516. The lowest BCUT2D eigenvalue weighted by Gasteiger charge is -2.16. The Morgan fingerprint density at radius 2 is 1.89 bits per heavy atom. The molecule has 1 rings (SSSR count). The first-order valence-corrected chi connectivity index (χ1v) is 13.3. The molecule has 0 spiro atoms. The Morgan fingerprint density at radius 3 is 2.43 bits per heavy atom. The van der Waals surface area contributed by atoms with Gasteiger partial charge in [0, 0.05) is 18.5 Å². The van der Waals surface area contributed by atoms with Crippen LogP contribution in [0.25, 0.3) is 0 Å². The molecule has 1 aromatic rings. The molecule has 206 valence electrons. The number of aryl methyl sites for hydroxylation is 2. The van der Waals surface area contributed by atoms with Crippen LogP contribution in [-0.2, 0) is 20.7 Å². The number of rotatable bonds is 17. The molecule has 0 heterocycles. The summed E-state index contributed by atoms with van der Waals surface area (Å²) in [4.78, 5) is 25.3. The highest BCUT2D eigenvalue weighted by Crippen LogP contribution is 2.17. The predicted molar refractivity (Wildman–Crippen MR) is 155 cm³/mol. The number of allylic oxidation sites excluding steroid dienone is 4. The Bertz CT molecular complexity index is 879. The van der Waals surface area contributed by atoms with Crippen molar-refractivity contribution in [3.8, 4) is 5.75 Å². The summed E-state index contributed by atoms with van der Waals surface area (Å²) < 4.78 is 11.1. The zero-order valence-corrected chi connectivity index (χ0v) is 24.0. The van der Waals surface area contributed by atoms with Crippen LogP contribution >= 0.6 is 0 Å². The number of aldehydes is 2. The summed E-state index contributed by atoms with van der Waals surface area (Å²) >= 11 is 0. The molecule has 1 unspecified atom stereocenters. The smallest absolute Gasteiger partial charge is 0.135 e. The van der Waals surface area contributed by atoms with E-state index in [2.05, 4.69) is 50.1 Å². The van der Waals surface area contributed by atoms with Gasteiger partial charge in [0.1, 0.15) is 30.0 Å². The molecule has 0 saturated carbocycles. The predicted octanol–water partition coefficient (Wildman–Crippen LogP) is 6.43. The first-order valence-electron chi connectivity index (χ1n) is 13.3. The molecule has 0 aliphatic rings. The van der Waals surface area contributed by atoms with Crippen LogP contribution in [-0.4, -0.2) is 46.1 Å². The number of benzene rings is 1. The van der Waals surface area contributed by atoms with Crippen molar-refractivity contribution in [1.29, 1.82) is 0 Å². The second kappa shape index (κ2) is 22.2. The number of carbonyl (C=O) groups is 2. The van der Waals surface area contributed by atoms with Gasteiger partial charge in [-0.05, 0) is 81.1 Å². The summed E-state index contributed by atoms with van der Waals surface area (Å²) in [6.07, 6.45) is 15.9. The number of likely N-dealkylation sites (N-methyl/N-ethyl adjacent to an activating group) is 1. The molecule has 0 fully saturated rings. The average Bonchev–Trinajstić information content (AvgIpc) is 2.92. The molecule has 0 aliphatic carbocycles. The number of aliphatic imine (C=N–C) groups is 1. The van der Waals surface area contributed by atoms with Crippen LogP contribution < -0.4 is 10.1 Å². The molecule has 37 heavy (non-hydrogen) atoms. The van der Waals surface area contributed by atoms with Gasteiger partial charge in [0.05, 0.1) is 13.7 Å². The summed E-state index contributed by atoms with van der Waals surface area (Å²) in [7, 11) is 3.59. The maximum atomic E-state index is 10.6. The first kappa shape index (κ1) is 34.0.